The van der Waals surface area contributed by atoms with Crippen LogP contribution in [0.15, 0.2) is 11.6 Å². The summed E-state index contributed by atoms with van der Waals surface area (Å²) in [6.45, 7) is 4.21. The van der Waals surface area contributed by atoms with Gasteiger partial charge in [-0.05, 0) is 24.3 Å². The molecular weight excluding hydrogens is 136 g/mol. The number of hydrogen-bond donors (Lipinski definition) is 0. The molecule has 1 rings (SSSR count). The molecule has 1 atom stereocenters. The summed E-state index contributed by atoms with van der Waals surface area (Å²) in [6, 6.07) is 0. The minimum Gasteiger partial charge on any atom is -0.295 e. The Kier molecular flexibility index (Phi) is 2.86. The van der Waals surface area contributed by atoms with E-state index in [0.29, 0.717) is 11.7 Å². The van der Waals surface area contributed by atoms with Crippen molar-refractivity contribution in [2.24, 2.45) is 5.92 Å². The van der Waals surface area contributed by atoms with Gasteiger partial charge in [0.15, 0.2) is 5.78 Å². The fourth-order valence-corrected chi connectivity index (χ4v) is 1.55. The molecule has 0 heterocycles. The molecule has 0 saturated carbocycles. The predicted octanol–water partition coefficient (Wildman–Crippen LogP) is 2.71. The van der Waals surface area contributed by atoms with E-state index in [-0.39, 0.29) is 0 Å². The summed E-state index contributed by atoms with van der Waals surface area (Å²) in [7, 11) is 0. The number of hydrogen-bond acceptors (Lipinski definition) is 1. The summed E-state index contributed by atoms with van der Waals surface area (Å²) in [5.74, 6) is 1.00. The van der Waals surface area contributed by atoms with Gasteiger partial charge in [0.05, 0.1) is 0 Å². The van der Waals surface area contributed by atoms with Gasteiger partial charge in [-0.2, -0.15) is 0 Å². The third-order valence-corrected chi connectivity index (χ3v) is 2.49. The monoisotopic (exact) mass is 152 g/mol. The van der Waals surface area contributed by atoms with E-state index in [0.717, 1.165) is 31.3 Å². The highest BCUT2D eigenvalue weighted by Gasteiger charge is 2.18. The van der Waals surface area contributed by atoms with Gasteiger partial charge in [-0.15, -0.1) is 0 Å². The summed E-state index contributed by atoms with van der Waals surface area (Å²) in [6.07, 6.45) is 6.08. The van der Waals surface area contributed by atoms with Crippen molar-refractivity contribution in [3.05, 3.63) is 11.6 Å². The van der Waals surface area contributed by atoms with E-state index in [2.05, 4.69) is 19.9 Å². The maximum absolute atomic E-state index is 11.3. The van der Waals surface area contributed by atoms with Crippen LogP contribution in [-0.2, 0) is 4.79 Å². The first kappa shape index (κ1) is 8.51. The van der Waals surface area contributed by atoms with E-state index < -0.39 is 0 Å². The zero-order valence-corrected chi connectivity index (χ0v) is 7.39. The van der Waals surface area contributed by atoms with Crippen LogP contribution in [0.2, 0.25) is 0 Å². The number of allylic oxidation sites excluding steroid dienone is 2. The first-order valence-electron chi connectivity index (χ1n) is 4.50. The number of ketones is 1. The normalized spacial score (nSPS) is 25.1. The predicted molar refractivity (Wildman–Crippen MR) is 46.4 cm³/mol. The van der Waals surface area contributed by atoms with Gasteiger partial charge < -0.3 is 0 Å². The maximum atomic E-state index is 11.3. The first-order valence-corrected chi connectivity index (χ1v) is 4.50. The van der Waals surface area contributed by atoms with Crippen LogP contribution in [0, 0.1) is 5.92 Å². The summed E-state index contributed by atoms with van der Waals surface area (Å²) in [5.41, 5.74) is 1.05. The van der Waals surface area contributed by atoms with Crippen LogP contribution in [0.3, 0.4) is 0 Å². The van der Waals surface area contributed by atoms with Crippen LogP contribution >= 0.6 is 0 Å². The molecule has 0 N–H and O–H groups in total. The minimum atomic E-state index is 0.380. The lowest BCUT2D eigenvalue weighted by Crippen LogP contribution is -2.14. The lowest BCUT2D eigenvalue weighted by Gasteiger charge is -2.18. The molecule has 0 radical (unpaired) electrons. The average molecular weight is 152 g/mol. The third kappa shape index (κ3) is 1.92. The molecule has 1 unspecified atom stereocenters. The Balaban J connectivity index is 2.60. The second-order valence-corrected chi connectivity index (χ2v) is 3.22. The molecule has 62 valence electrons. The molecule has 0 aliphatic heterocycles. The molecule has 0 aromatic carbocycles. The smallest absolute Gasteiger partial charge is 0.158 e. The number of Topliss-reactive ketones (excluding diaryl/α,β-unsaturated/α-hetero) is 1. The van der Waals surface area contributed by atoms with Crippen molar-refractivity contribution in [2.45, 2.75) is 39.5 Å². The second-order valence-electron chi connectivity index (χ2n) is 3.22. The highest BCUT2D eigenvalue weighted by molar-refractivity contribution is 5.96. The van der Waals surface area contributed by atoms with Crippen LogP contribution in [0.1, 0.15) is 39.5 Å². The molecule has 1 aliphatic carbocycles. The van der Waals surface area contributed by atoms with Crippen molar-refractivity contribution < 1.29 is 4.79 Å². The molecule has 0 saturated heterocycles. The quantitative estimate of drug-likeness (QED) is 0.594. The van der Waals surface area contributed by atoms with Gasteiger partial charge in [-0.25, -0.2) is 0 Å². The first-order chi connectivity index (χ1) is 5.27. The molecule has 0 aromatic heterocycles. The van der Waals surface area contributed by atoms with E-state index >= 15 is 0 Å². The summed E-state index contributed by atoms with van der Waals surface area (Å²) in [5, 5.41) is 0. The molecule has 1 aliphatic rings. The highest BCUT2D eigenvalue weighted by Crippen LogP contribution is 2.24. The van der Waals surface area contributed by atoms with Gasteiger partial charge >= 0.3 is 0 Å². The average Bonchev–Trinajstić information content (AvgIpc) is 2.04. The summed E-state index contributed by atoms with van der Waals surface area (Å²) in [4.78, 5) is 11.3. The Bertz CT molecular complexity index is 179. The maximum Gasteiger partial charge on any atom is 0.158 e. The lowest BCUT2D eigenvalue weighted by molar-refractivity contribution is -0.117. The number of carbonyl (C=O) groups is 1. The van der Waals surface area contributed by atoms with E-state index in [9.17, 15) is 4.79 Å². The molecule has 1 heteroatoms. The van der Waals surface area contributed by atoms with Crippen molar-refractivity contribution >= 4 is 5.78 Å². The molecule has 0 spiro atoms. The van der Waals surface area contributed by atoms with Gasteiger partial charge in [0.2, 0.25) is 0 Å². The van der Waals surface area contributed by atoms with Gasteiger partial charge in [0.25, 0.3) is 0 Å². The van der Waals surface area contributed by atoms with Crippen LogP contribution in [0.4, 0.5) is 0 Å². The van der Waals surface area contributed by atoms with Crippen molar-refractivity contribution in [3.63, 3.8) is 0 Å². The van der Waals surface area contributed by atoms with Gasteiger partial charge in [0.1, 0.15) is 0 Å². The summed E-state index contributed by atoms with van der Waals surface area (Å²) >= 11 is 0. The van der Waals surface area contributed by atoms with Gasteiger partial charge in [0, 0.05) is 6.42 Å². The van der Waals surface area contributed by atoms with E-state index in [1.54, 1.807) is 0 Å². The fourth-order valence-electron chi connectivity index (χ4n) is 1.55. The molecule has 0 bridgehead atoms. The lowest BCUT2D eigenvalue weighted by atomic mass is 9.86. The van der Waals surface area contributed by atoms with Crippen molar-refractivity contribution in [2.75, 3.05) is 0 Å². The largest absolute Gasteiger partial charge is 0.295 e. The fraction of sp³-hybridized carbons (Fsp3) is 0.700. The number of rotatable bonds is 2. The Labute approximate surface area is 68.5 Å². The minimum absolute atomic E-state index is 0.380. The summed E-state index contributed by atoms with van der Waals surface area (Å²) < 4.78 is 0. The standard InChI is InChI=1S/C10H16O/c1-3-8-5-6-9(4-2)10(11)7-8/h6,8H,3-5,7H2,1-2H3. The zero-order chi connectivity index (χ0) is 8.27. The van der Waals surface area contributed by atoms with Crippen molar-refractivity contribution in [3.8, 4) is 0 Å². The highest BCUT2D eigenvalue weighted by atomic mass is 16.1. The van der Waals surface area contributed by atoms with E-state index in [1.165, 1.54) is 0 Å². The number of carbonyl (C=O) groups excluding carboxylic acids is 1. The van der Waals surface area contributed by atoms with Crippen LogP contribution in [0.5, 0.6) is 0 Å². The molecule has 1 nitrogen and oxygen atoms in total. The van der Waals surface area contributed by atoms with Crippen LogP contribution < -0.4 is 0 Å². The van der Waals surface area contributed by atoms with Gasteiger partial charge in [-0.1, -0.05) is 26.3 Å². The van der Waals surface area contributed by atoms with Crippen LogP contribution in [-0.4, -0.2) is 5.78 Å². The van der Waals surface area contributed by atoms with E-state index in [1.807, 2.05) is 0 Å². The third-order valence-electron chi connectivity index (χ3n) is 2.49. The Morgan fingerprint density at radius 2 is 2.27 bits per heavy atom. The van der Waals surface area contributed by atoms with Crippen LogP contribution in [0.25, 0.3) is 0 Å². The SMILES string of the molecule is CCC1=CCC(CC)CC1=O. The second kappa shape index (κ2) is 3.70. The van der Waals surface area contributed by atoms with Crippen molar-refractivity contribution in [1.82, 2.24) is 0 Å². The Morgan fingerprint density at radius 3 is 2.73 bits per heavy atom. The molecule has 0 aromatic rings. The molecular formula is C10H16O. The molecule has 0 amide bonds. The van der Waals surface area contributed by atoms with Gasteiger partial charge in [-0.3, -0.25) is 4.79 Å². The Hall–Kier alpha value is -0.590. The van der Waals surface area contributed by atoms with E-state index in [4.69, 9.17) is 0 Å². The molecule has 0 fully saturated rings. The Morgan fingerprint density at radius 1 is 1.55 bits per heavy atom. The van der Waals surface area contributed by atoms with Crippen molar-refractivity contribution in [1.29, 1.82) is 0 Å². The zero-order valence-electron chi connectivity index (χ0n) is 7.39. The topological polar surface area (TPSA) is 17.1 Å². The molecule has 11 heavy (non-hydrogen) atoms.